The molecule has 0 aliphatic carbocycles. The lowest BCUT2D eigenvalue weighted by Gasteiger charge is -2.35. The summed E-state index contributed by atoms with van der Waals surface area (Å²) in [6.45, 7) is 3.84. The van der Waals surface area contributed by atoms with Crippen molar-refractivity contribution >= 4 is 17.5 Å². The number of nitrogens with one attached hydrogen (secondary N) is 1. The summed E-state index contributed by atoms with van der Waals surface area (Å²) < 4.78 is 11.4. The molecule has 0 spiro atoms. The fourth-order valence-corrected chi connectivity index (χ4v) is 3.03. The first-order valence-electron chi connectivity index (χ1n) is 8.48. The molecule has 1 unspecified atom stereocenters. The molecule has 138 valence electrons. The Bertz CT molecular complexity index is 791. The highest BCUT2D eigenvalue weighted by Crippen LogP contribution is 2.36. The molecular formula is C20H22ClNO4. The Kier molecular flexibility index (Phi) is 5.12. The van der Waals surface area contributed by atoms with Gasteiger partial charge in [-0.15, -0.1) is 0 Å². The molecule has 6 heteroatoms. The van der Waals surface area contributed by atoms with Crippen molar-refractivity contribution in [2.24, 2.45) is 0 Å². The lowest BCUT2D eigenvalue weighted by atomic mass is 9.88. The van der Waals surface area contributed by atoms with E-state index in [1.165, 1.54) is 0 Å². The third-order valence-electron chi connectivity index (χ3n) is 4.44. The number of amides is 1. The van der Waals surface area contributed by atoms with Gasteiger partial charge in [0.05, 0.1) is 13.2 Å². The quantitative estimate of drug-likeness (QED) is 0.841. The van der Waals surface area contributed by atoms with Crippen LogP contribution in [0, 0.1) is 0 Å². The maximum atomic E-state index is 12.6. The van der Waals surface area contributed by atoms with Gasteiger partial charge in [-0.1, -0.05) is 29.8 Å². The molecule has 1 heterocycles. The molecule has 0 saturated carbocycles. The van der Waals surface area contributed by atoms with E-state index in [0.29, 0.717) is 35.1 Å². The van der Waals surface area contributed by atoms with Crippen molar-refractivity contribution in [3.8, 4) is 11.5 Å². The molecule has 5 nitrogen and oxygen atoms in total. The first kappa shape index (κ1) is 18.5. The highest BCUT2D eigenvalue weighted by molar-refractivity contribution is 6.30. The molecule has 1 aliphatic rings. The maximum Gasteiger partial charge on any atom is 0.263 e. The lowest BCUT2D eigenvalue weighted by molar-refractivity contribution is -0.135. The minimum atomic E-state index is -1.17. The van der Waals surface area contributed by atoms with Crippen LogP contribution in [0.1, 0.15) is 25.8 Å². The van der Waals surface area contributed by atoms with Gasteiger partial charge in [0.1, 0.15) is 17.1 Å². The van der Waals surface area contributed by atoms with Crippen LogP contribution in [-0.2, 0) is 10.4 Å². The monoisotopic (exact) mass is 375 g/mol. The molecule has 3 rings (SSSR count). The standard InChI is InChI=1S/C20H22ClNO4/c1-19(2,26-15-9-7-14(21)8-10-15)18(23)22-13-20(24)11-12-25-17-6-4-3-5-16(17)20/h3-10,24H,11-13H2,1-2H3,(H,22,23). The van der Waals surface area contributed by atoms with Crippen LogP contribution in [0.4, 0.5) is 0 Å². The Hall–Kier alpha value is -2.24. The molecule has 1 atom stereocenters. The van der Waals surface area contributed by atoms with Gasteiger partial charge in [0, 0.05) is 17.0 Å². The van der Waals surface area contributed by atoms with Gasteiger partial charge in [-0.25, -0.2) is 0 Å². The molecule has 1 aliphatic heterocycles. The number of ether oxygens (including phenoxy) is 2. The summed E-state index contributed by atoms with van der Waals surface area (Å²) in [7, 11) is 0. The van der Waals surface area contributed by atoms with Gasteiger partial charge >= 0.3 is 0 Å². The number of rotatable bonds is 5. The van der Waals surface area contributed by atoms with Crippen LogP contribution in [0.25, 0.3) is 0 Å². The van der Waals surface area contributed by atoms with E-state index >= 15 is 0 Å². The van der Waals surface area contributed by atoms with Crippen molar-refractivity contribution < 1.29 is 19.4 Å². The highest BCUT2D eigenvalue weighted by Gasteiger charge is 2.38. The number of carbonyl (C=O) groups excluding carboxylic acids is 1. The van der Waals surface area contributed by atoms with Crippen molar-refractivity contribution in [1.82, 2.24) is 5.32 Å². The Morgan fingerprint density at radius 2 is 1.96 bits per heavy atom. The van der Waals surface area contributed by atoms with E-state index in [9.17, 15) is 9.90 Å². The Labute approximate surface area is 157 Å². The number of benzene rings is 2. The van der Waals surface area contributed by atoms with E-state index in [2.05, 4.69) is 5.32 Å². The summed E-state index contributed by atoms with van der Waals surface area (Å²) in [5.41, 5.74) is -1.58. The number of aliphatic hydroxyl groups is 1. The SMILES string of the molecule is CC(C)(Oc1ccc(Cl)cc1)C(=O)NCC1(O)CCOc2ccccc21. The van der Waals surface area contributed by atoms with E-state index < -0.39 is 11.2 Å². The number of hydrogen-bond acceptors (Lipinski definition) is 4. The predicted molar refractivity (Wildman–Crippen MR) is 99.6 cm³/mol. The Morgan fingerprint density at radius 3 is 2.69 bits per heavy atom. The van der Waals surface area contributed by atoms with Gasteiger partial charge in [-0.3, -0.25) is 4.79 Å². The average Bonchev–Trinajstić information content (AvgIpc) is 2.62. The zero-order valence-corrected chi connectivity index (χ0v) is 15.5. The summed E-state index contributed by atoms with van der Waals surface area (Å²) in [6.07, 6.45) is 0.406. The topological polar surface area (TPSA) is 67.8 Å². The van der Waals surface area contributed by atoms with Gasteiger partial charge in [0.25, 0.3) is 5.91 Å². The van der Waals surface area contributed by atoms with E-state index in [-0.39, 0.29) is 12.5 Å². The van der Waals surface area contributed by atoms with Crippen LogP contribution in [0.2, 0.25) is 5.02 Å². The third kappa shape index (κ3) is 3.94. The second-order valence-corrected chi connectivity index (χ2v) is 7.31. The van der Waals surface area contributed by atoms with Gasteiger partial charge in [0.2, 0.25) is 0 Å². The zero-order valence-electron chi connectivity index (χ0n) is 14.8. The smallest absolute Gasteiger partial charge is 0.263 e. The molecule has 0 radical (unpaired) electrons. The lowest BCUT2D eigenvalue weighted by Crippen LogP contribution is -2.51. The minimum absolute atomic E-state index is 0.0830. The van der Waals surface area contributed by atoms with E-state index in [0.717, 1.165) is 0 Å². The van der Waals surface area contributed by atoms with Gasteiger partial charge < -0.3 is 19.9 Å². The molecule has 26 heavy (non-hydrogen) atoms. The average molecular weight is 376 g/mol. The first-order valence-corrected chi connectivity index (χ1v) is 8.86. The summed E-state index contributed by atoms with van der Waals surface area (Å²) in [6, 6.07) is 14.1. The second-order valence-electron chi connectivity index (χ2n) is 6.88. The molecule has 0 bridgehead atoms. The number of hydrogen-bond donors (Lipinski definition) is 2. The van der Waals surface area contributed by atoms with E-state index in [4.69, 9.17) is 21.1 Å². The minimum Gasteiger partial charge on any atom is -0.493 e. The number of fused-ring (bicyclic) bond motifs is 1. The molecule has 2 aromatic carbocycles. The second kappa shape index (κ2) is 7.17. The summed E-state index contributed by atoms with van der Waals surface area (Å²) in [5.74, 6) is 0.877. The molecule has 0 aromatic heterocycles. The molecule has 2 N–H and O–H groups in total. The number of carbonyl (C=O) groups is 1. The Balaban J connectivity index is 1.67. The number of halogens is 1. The van der Waals surface area contributed by atoms with Gasteiger partial charge in [-0.05, 0) is 44.2 Å². The molecule has 2 aromatic rings. The fraction of sp³-hybridized carbons (Fsp3) is 0.350. The highest BCUT2D eigenvalue weighted by atomic mass is 35.5. The van der Waals surface area contributed by atoms with Crippen LogP contribution in [0.15, 0.2) is 48.5 Å². The molecular weight excluding hydrogens is 354 g/mol. The van der Waals surface area contributed by atoms with Crippen LogP contribution in [-0.4, -0.2) is 29.8 Å². The summed E-state index contributed by atoms with van der Waals surface area (Å²) in [5, 5.41) is 14.4. The van der Waals surface area contributed by atoms with Crippen molar-refractivity contribution in [1.29, 1.82) is 0 Å². The number of para-hydroxylation sites is 1. The fourth-order valence-electron chi connectivity index (χ4n) is 2.91. The third-order valence-corrected chi connectivity index (χ3v) is 4.69. The van der Waals surface area contributed by atoms with E-state index in [1.807, 2.05) is 24.3 Å². The Morgan fingerprint density at radius 1 is 1.27 bits per heavy atom. The molecule has 0 saturated heterocycles. The van der Waals surface area contributed by atoms with Crippen molar-refractivity contribution in [3.05, 3.63) is 59.1 Å². The van der Waals surface area contributed by atoms with Crippen molar-refractivity contribution in [2.45, 2.75) is 31.5 Å². The van der Waals surface area contributed by atoms with Crippen LogP contribution < -0.4 is 14.8 Å². The van der Waals surface area contributed by atoms with Crippen LogP contribution in [0.5, 0.6) is 11.5 Å². The summed E-state index contributed by atoms with van der Waals surface area (Å²) in [4.78, 5) is 12.6. The first-order chi connectivity index (χ1) is 12.3. The van der Waals surface area contributed by atoms with Gasteiger partial charge in [0.15, 0.2) is 5.60 Å². The van der Waals surface area contributed by atoms with Gasteiger partial charge in [-0.2, -0.15) is 0 Å². The summed E-state index contributed by atoms with van der Waals surface area (Å²) >= 11 is 5.86. The molecule has 0 fully saturated rings. The maximum absolute atomic E-state index is 12.6. The van der Waals surface area contributed by atoms with E-state index in [1.54, 1.807) is 38.1 Å². The van der Waals surface area contributed by atoms with Crippen molar-refractivity contribution in [3.63, 3.8) is 0 Å². The molecule has 1 amide bonds. The van der Waals surface area contributed by atoms with Crippen LogP contribution in [0.3, 0.4) is 0 Å². The normalized spacial score (nSPS) is 19.2. The largest absolute Gasteiger partial charge is 0.493 e. The van der Waals surface area contributed by atoms with Crippen molar-refractivity contribution in [2.75, 3.05) is 13.2 Å². The zero-order chi connectivity index (χ0) is 18.8. The predicted octanol–water partition coefficient (Wildman–Crippen LogP) is 3.28. The van der Waals surface area contributed by atoms with Crippen LogP contribution >= 0.6 is 11.6 Å².